The number of likely N-dealkylation sites (N-methyl/N-ethyl adjacent to an activating group) is 2. The first-order valence-corrected chi connectivity index (χ1v) is 8.87. The van der Waals surface area contributed by atoms with E-state index >= 15 is 0 Å². The first kappa shape index (κ1) is 16.9. The van der Waals surface area contributed by atoms with Crippen LogP contribution in [0.1, 0.15) is 5.56 Å². The van der Waals surface area contributed by atoms with Crippen molar-refractivity contribution in [1.29, 1.82) is 0 Å². The molecule has 1 aromatic carbocycles. The molecule has 1 aliphatic heterocycles. The van der Waals surface area contributed by atoms with Crippen molar-refractivity contribution in [2.45, 2.75) is 11.8 Å². The molecule has 1 saturated heterocycles. The summed E-state index contributed by atoms with van der Waals surface area (Å²) < 4.78 is 26.1. The molecule has 0 aliphatic carbocycles. The fraction of sp³-hybridized carbons (Fsp3) is 0.533. The zero-order valence-corrected chi connectivity index (χ0v) is 14.2. The number of aryl methyl sites for hydroxylation is 1. The van der Waals surface area contributed by atoms with Gasteiger partial charge in [-0.05, 0) is 19.1 Å². The molecule has 1 heterocycles. The van der Waals surface area contributed by atoms with E-state index < -0.39 is 10.0 Å². The summed E-state index contributed by atoms with van der Waals surface area (Å²) in [6, 6.07) is 6.66. The number of piperazine rings is 1. The fourth-order valence-corrected chi connectivity index (χ4v) is 3.52. The highest BCUT2D eigenvalue weighted by atomic mass is 32.2. The van der Waals surface area contributed by atoms with Crippen LogP contribution in [0.4, 0.5) is 0 Å². The molecule has 0 atom stereocenters. The van der Waals surface area contributed by atoms with E-state index in [1.54, 1.807) is 29.2 Å². The molecule has 6 nitrogen and oxygen atoms in total. The van der Waals surface area contributed by atoms with Crippen LogP contribution in [0.25, 0.3) is 0 Å². The SMILES string of the molecule is Cc1ccc(S(=O)(=O)N(C)CC(=O)N2CC[NH+](C)CC2)cc1. The van der Waals surface area contributed by atoms with Crippen LogP contribution >= 0.6 is 0 Å². The van der Waals surface area contributed by atoms with Gasteiger partial charge in [-0.15, -0.1) is 0 Å². The Morgan fingerprint density at radius 1 is 1.23 bits per heavy atom. The minimum absolute atomic E-state index is 0.116. The summed E-state index contributed by atoms with van der Waals surface area (Å²) in [5.41, 5.74) is 0.998. The van der Waals surface area contributed by atoms with Crippen LogP contribution in [-0.4, -0.2) is 70.3 Å². The lowest BCUT2D eigenvalue weighted by Gasteiger charge is -2.31. The summed E-state index contributed by atoms with van der Waals surface area (Å²) in [7, 11) is -0.0738. The third-order valence-electron chi connectivity index (χ3n) is 4.06. The number of carbonyl (C=O) groups excluding carboxylic acids is 1. The molecule has 22 heavy (non-hydrogen) atoms. The van der Waals surface area contributed by atoms with Gasteiger partial charge in [0.1, 0.15) is 0 Å². The Bertz CT molecular complexity index is 620. The third-order valence-corrected chi connectivity index (χ3v) is 5.87. The van der Waals surface area contributed by atoms with Gasteiger partial charge in [0, 0.05) is 7.05 Å². The highest BCUT2D eigenvalue weighted by Crippen LogP contribution is 2.15. The molecule has 0 aromatic heterocycles. The van der Waals surface area contributed by atoms with Crippen molar-refractivity contribution in [3.63, 3.8) is 0 Å². The van der Waals surface area contributed by atoms with E-state index in [-0.39, 0.29) is 17.3 Å². The second-order valence-electron chi connectivity index (χ2n) is 5.91. The van der Waals surface area contributed by atoms with Crippen molar-refractivity contribution < 1.29 is 18.1 Å². The van der Waals surface area contributed by atoms with E-state index in [1.165, 1.54) is 11.9 Å². The van der Waals surface area contributed by atoms with E-state index in [1.807, 2.05) is 6.92 Å². The number of rotatable bonds is 4. The number of quaternary nitrogens is 1. The number of nitrogens with zero attached hydrogens (tertiary/aromatic N) is 2. The van der Waals surface area contributed by atoms with Crippen molar-refractivity contribution in [3.05, 3.63) is 29.8 Å². The summed E-state index contributed by atoms with van der Waals surface area (Å²) >= 11 is 0. The predicted octanol–water partition coefficient (Wildman–Crippen LogP) is -1.03. The summed E-state index contributed by atoms with van der Waals surface area (Å²) in [5.74, 6) is -0.134. The molecule has 1 aromatic rings. The molecule has 0 bridgehead atoms. The van der Waals surface area contributed by atoms with Crippen molar-refractivity contribution >= 4 is 15.9 Å². The highest BCUT2D eigenvalue weighted by Gasteiger charge is 2.27. The third kappa shape index (κ3) is 3.85. The van der Waals surface area contributed by atoms with Gasteiger partial charge in [0.05, 0.1) is 44.7 Å². The zero-order chi connectivity index (χ0) is 16.3. The quantitative estimate of drug-likeness (QED) is 0.770. The van der Waals surface area contributed by atoms with Crippen LogP contribution in [-0.2, 0) is 14.8 Å². The van der Waals surface area contributed by atoms with E-state index in [2.05, 4.69) is 7.05 Å². The molecule has 0 saturated carbocycles. The fourth-order valence-electron chi connectivity index (χ4n) is 2.40. The molecular formula is C15H24N3O3S+. The molecule has 122 valence electrons. The van der Waals surface area contributed by atoms with Crippen LogP contribution in [0.5, 0.6) is 0 Å². The first-order valence-electron chi connectivity index (χ1n) is 7.43. The number of nitrogens with one attached hydrogen (secondary N) is 1. The topological polar surface area (TPSA) is 62.1 Å². The van der Waals surface area contributed by atoms with E-state index in [0.29, 0.717) is 13.1 Å². The summed E-state index contributed by atoms with van der Waals surface area (Å²) in [6.45, 7) is 4.96. The van der Waals surface area contributed by atoms with Crippen molar-refractivity contribution in [3.8, 4) is 0 Å². The van der Waals surface area contributed by atoms with Gasteiger partial charge < -0.3 is 9.80 Å². The molecular weight excluding hydrogens is 302 g/mol. The lowest BCUT2D eigenvalue weighted by Crippen LogP contribution is -3.12. The normalized spacial score (nSPS) is 17.0. The second kappa shape index (κ2) is 6.76. The second-order valence-corrected chi connectivity index (χ2v) is 7.96. The van der Waals surface area contributed by atoms with Crippen molar-refractivity contribution in [1.82, 2.24) is 9.21 Å². The maximum atomic E-state index is 12.5. The molecule has 2 rings (SSSR count). The van der Waals surface area contributed by atoms with Crippen LogP contribution in [0, 0.1) is 6.92 Å². The number of amides is 1. The van der Waals surface area contributed by atoms with Crippen molar-refractivity contribution in [2.75, 3.05) is 46.8 Å². The number of sulfonamides is 1. The number of benzene rings is 1. The van der Waals surface area contributed by atoms with Gasteiger partial charge >= 0.3 is 0 Å². The minimum Gasteiger partial charge on any atom is -0.334 e. The average Bonchev–Trinajstić information content (AvgIpc) is 2.48. The molecule has 0 radical (unpaired) electrons. The van der Waals surface area contributed by atoms with Gasteiger partial charge in [-0.3, -0.25) is 4.79 Å². The van der Waals surface area contributed by atoms with Gasteiger partial charge in [-0.25, -0.2) is 8.42 Å². The van der Waals surface area contributed by atoms with Gasteiger partial charge in [0.2, 0.25) is 15.9 Å². The number of hydrogen-bond donors (Lipinski definition) is 1. The van der Waals surface area contributed by atoms with E-state index in [4.69, 9.17) is 0 Å². The zero-order valence-electron chi connectivity index (χ0n) is 13.4. The first-order chi connectivity index (χ1) is 10.3. The van der Waals surface area contributed by atoms with Crippen LogP contribution in [0.2, 0.25) is 0 Å². The smallest absolute Gasteiger partial charge is 0.243 e. The lowest BCUT2D eigenvalue weighted by molar-refractivity contribution is -0.883. The van der Waals surface area contributed by atoms with Gasteiger partial charge in [0.25, 0.3) is 0 Å². The molecule has 0 unspecified atom stereocenters. The Morgan fingerprint density at radius 3 is 2.32 bits per heavy atom. The van der Waals surface area contributed by atoms with Gasteiger partial charge in [0.15, 0.2) is 0 Å². The maximum absolute atomic E-state index is 12.5. The standard InChI is InChI=1S/C15H23N3O3S/c1-13-4-6-14(7-5-13)22(20,21)17(3)12-15(19)18-10-8-16(2)9-11-18/h4-7H,8-12H2,1-3H3/p+1. The average molecular weight is 326 g/mol. The highest BCUT2D eigenvalue weighted by molar-refractivity contribution is 7.89. The Labute approximate surface area is 132 Å². The monoisotopic (exact) mass is 326 g/mol. The molecule has 1 fully saturated rings. The van der Waals surface area contributed by atoms with Crippen LogP contribution < -0.4 is 4.90 Å². The molecule has 1 N–H and O–H groups in total. The Hall–Kier alpha value is -1.44. The van der Waals surface area contributed by atoms with Crippen molar-refractivity contribution in [2.24, 2.45) is 0 Å². The van der Waals surface area contributed by atoms with Gasteiger partial charge in [-0.1, -0.05) is 17.7 Å². The maximum Gasteiger partial charge on any atom is 0.243 e. The summed E-state index contributed by atoms with van der Waals surface area (Å²) in [4.78, 5) is 15.6. The van der Waals surface area contributed by atoms with Crippen LogP contribution in [0.3, 0.4) is 0 Å². The largest absolute Gasteiger partial charge is 0.334 e. The number of hydrogen-bond acceptors (Lipinski definition) is 3. The van der Waals surface area contributed by atoms with E-state index in [0.717, 1.165) is 23.0 Å². The van der Waals surface area contributed by atoms with Gasteiger partial charge in [-0.2, -0.15) is 4.31 Å². The molecule has 1 aliphatic rings. The minimum atomic E-state index is -3.62. The Morgan fingerprint density at radius 2 is 1.77 bits per heavy atom. The van der Waals surface area contributed by atoms with E-state index in [9.17, 15) is 13.2 Å². The predicted molar refractivity (Wildman–Crippen MR) is 84.2 cm³/mol. The number of carbonyl (C=O) groups is 1. The molecule has 0 spiro atoms. The molecule has 7 heteroatoms. The Kier molecular flexibility index (Phi) is 5.20. The summed E-state index contributed by atoms with van der Waals surface area (Å²) in [5, 5.41) is 0. The molecule has 1 amide bonds. The Balaban J connectivity index is 2.03. The van der Waals surface area contributed by atoms with Crippen LogP contribution in [0.15, 0.2) is 29.2 Å². The lowest BCUT2D eigenvalue weighted by atomic mass is 10.2. The summed E-state index contributed by atoms with van der Waals surface area (Å²) in [6.07, 6.45) is 0.